The first-order valence-corrected chi connectivity index (χ1v) is 8.63. The van der Waals surface area contributed by atoms with Crippen LogP contribution >= 0.6 is 0 Å². The predicted octanol–water partition coefficient (Wildman–Crippen LogP) is 3.05. The van der Waals surface area contributed by atoms with Crippen molar-refractivity contribution >= 4 is 0 Å². The van der Waals surface area contributed by atoms with Gasteiger partial charge in [0.15, 0.2) is 0 Å². The first-order chi connectivity index (χ1) is 11.9. The van der Waals surface area contributed by atoms with Gasteiger partial charge in [-0.05, 0) is 63.9 Å². The summed E-state index contributed by atoms with van der Waals surface area (Å²) < 4.78 is 28.7. The van der Waals surface area contributed by atoms with E-state index in [1.54, 1.807) is 17.8 Å². The van der Waals surface area contributed by atoms with E-state index < -0.39 is 5.82 Å². The summed E-state index contributed by atoms with van der Waals surface area (Å²) >= 11 is 0. The molecule has 0 saturated carbocycles. The van der Waals surface area contributed by atoms with Crippen molar-refractivity contribution in [2.24, 2.45) is 5.92 Å². The zero-order chi connectivity index (χ0) is 18.0. The van der Waals surface area contributed by atoms with Gasteiger partial charge < -0.3 is 0 Å². The highest BCUT2D eigenvalue weighted by atomic mass is 19.1. The number of hydrogen-bond donors (Lipinski definition) is 0. The molecule has 134 valence electrons. The standard InChI is InChI=1S/C19H23F2N3O/c1-13-14(2)22-12-24(19(13)25)10-15-5-7-23(8-6-15)11-16-9-17(20)3-4-18(16)21/h3-4,9,12,15H,5-8,10-11H2,1-2H3. The van der Waals surface area contributed by atoms with Gasteiger partial charge in [-0.3, -0.25) is 14.3 Å². The van der Waals surface area contributed by atoms with Crippen LogP contribution in [0.2, 0.25) is 0 Å². The van der Waals surface area contributed by atoms with Gasteiger partial charge in [-0.1, -0.05) is 0 Å². The van der Waals surface area contributed by atoms with Crippen molar-refractivity contribution in [1.29, 1.82) is 0 Å². The van der Waals surface area contributed by atoms with Gasteiger partial charge in [0.2, 0.25) is 0 Å². The van der Waals surface area contributed by atoms with Gasteiger partial charge in [0.25, 0.3) is 5.56 Å². The minimum absolute atomic E-state index is 0.0248. The molecule has 3 rings (SSSR count). The Kier molecular flexibility index (Phi) is 5.27. The fourth-order valence-electron chi connectivity index (χ4n) is 3.32. The highest BCUT2D eigenvalue weighted by Crippen LogP contribution is 2.21. The quantitative estimate of drug-likeness (QED) is 0.853. The first kappa shape index (κ1) is 17.7. The molecule has 2 heterocycles. The van der Waals surface area contributed by atoms with Gasteiger partial charge in [0.05, 0.1) is 6.33 Å². The highest BCUT2D eigenvalue weighted by Gasteiger charge is 2.21. The molecule has 0 aliphatic carbocycles. The van der Waals surface area contributed by atoms with Crippen LogP contribution in [-0.4, -0.2) is 27.5 Å². The molecule has 25 heavy (non-hydrogen) atoms. The third kappa shape index (κ3) is 4.12. The Morgan fingerprint density at radius 1 is 1.20 bits per heavy atom. The predicted molar refractivity (Wildman–Crippen MR) is 92.3 cm³/mol. The number of benzene rings is 1. The van der Waals surface area contributed by atoms with E-state index in [4.69, 9.17) is 0 Å². The maximum Gasteiger partial charge on any atom is 0.256 e. The van der Waals surface area contributed by atoms with E-state index in [1.165, 1.54) is 12.1 Å². The Hall–Kier alpha value is -2.08. The van der Waals surface area contributed by atoms with E-state index in [0.29, 0.717) is 30.1 Å². The topological polar surface area (TPSA) is 38.1 Å². The van der Waals surface area contributed by atoms with E-state index in [0.717, 1.165) is 37.7 Å². The van der Waals surface area contributed by atoms with E-state index >= 15 is 0 Å². The summed E-state index contributed by atoms with van der Waals surface area (Å²) in [5, 5.41) is 0. The first-order valence-electron chi connectivity index (χ1n) is 8.63. The van der Waals surface area contributed by atoms with Crippen LogP contribution < -0.4 is 5.56 Å². The van der Waals surface area contributed by atoms with Crippen LogP contribution in [-0.2, 0) is 13.1 Å². The fourth-order valence-corrected chi connectivity index (χ4v) is 3.32. The number of piperidine rings is 1. The van der Waals surface area contributed by atoms with Crippen LogP contribution in [0.5, 0.6) is 0 Å². The van der Waals surface area contributed by atoms with Crippen molar-refractivity contribution in [2.45, 2.75) is 39.8 Å². The molecule has 0 N–H and O–H groups in total. The van der Waals surface area contributed by atoms with Gasteiger partial charge in [-0.15, -0.1) is 0 Å². The molecule has 6 heteroatoms. The van der Waals surface area contributed by atoms with Crippen molar-refractivity contribution in [2.75, 3.05) is 13.1 Å². The lowest BCUT2D eigenvalue weighted by molar-refractivity contribution is 0.164. The zero-order valence-corrected chi connectivity index (χ0v) is 14.6. The molecule has 0 spiro atoms. The maximum atomic E-state index is 13.8. The minimum Gasteiger partial charge on any atom is -0.299 e. The molecule has 0 atom stereocenters. The number of rotatable bonds is 4. The van der Waals surface area contributed by atoms with Gasteiger partial charge in [0.1, 0.15) is 11.6 Å². The third-order valence-corrected chi connectivity index (χ3v) is 5.08. The molecule has 1 aromatic carbocycles. The summed E-state index contributed by atoms with van der Waals surface area (Å²) in [4.78, 5) is 18.7. The molecule has 1 saturated heterocycles. The molecule has 0 bridgehead atoms. The Bertz CT molecular complexity index is 811. The van der Waals surface area contributed by atoms with Crippen LogP contribution in [0.4, 0.5) is 8.78 Å². The van der Waals surface area contributed by atoms with E-state index in [2.05, 4.69) is 9.88 Å². The van der Waals surface area contributed by atoms with Crippen molar-refractivity contribution < 1.29 is 8.78 Å². The number of hydrogen-bond acceptors (Lipinski definition) is 3. The lowest BCUT2D eigenvalue weighted by Crippen LogP contribution is -2.36. The van der Waals surface area contributed by atoms with E-state index in [9.17, 15) is 13.6 Å². The number of halogens is 2. The van der Waals surface area contributed by atoms with E-state index in [-0.39, 0.29) is 11.4 Å². The molecule has 1 fully saturated rings. The van der Waals surface area contributed by atoms with Crippen molar-refractivity contribution in [3.63, 3.8) is 0 Å². The van der Waals surface area contributed by atoms with Crippen LogP contribution in [0, 0.1) is 31.4 Å². The van der Waals surface area contributed by atoms with Gasteiger partial charge in [0, 0.05) is 29.9 Å². The normalized spacial score (nSPS) is 16.3. The third-order valence-electron chi connectivity index (χ3n) is 5.08. The molecular weight excluding hydrogens is 324 g/mol. The van der Waals surface area contributed by atoms with Crippen LogP contribution in [0.1, 0.15) is 29.7 Å². The van der Waals surface area contributed by atoms with Crippen molar-refractivity contribution in [3.05, 3.63) is 63.3 Å². The molecule has 0 radical (unpaired) electrons. The number of likely N-dealkylation sites (tertiary alicyclic amines) is 1. The summed E-state index contributed by atoms with van der Waals surface area (Å²) in [6.45, 7) is 6.35. The second kappa shape index (κ2) is 7.44. The summed E-state index contributed by atoms with van der Waals surface area (Å²) in [7, 11) is 0. The zero-order valence-electron chi connectivity index (χ0n) is 14.6. The second-order valence-electron chi connectivity index (χ2n) is 6.87. The Labute approximate surface area is 146 Å². The van der Waals surface area contributed by atoms with Crippen molar-refractivity contribution in [3.8, 4) is 0 Å². The minimum atomic E-state index is -0.409. The molecular formula is C19H23F2N3O. The van der Waals surface area contributed by atoms with Gasteiger partial charge >= 0.3 is 0 Å². The number of aromatic nitrogens is 2. The highest BCUT2D eigenvalue weighted by molar-refractivity contribution is 5.18. The lowest BCUT2D eigenvalue weighted by Gasteiger charge is -2.32. The SMILES string of the molecule is Cc1ncn(CC2CCN(Cc3cc(F)ccc3F)CC2)c(=O)c1C. The Balaban J connectivity index is 1.58. The monoisotopic (exact) mass is 347 g/mol. The molecule has 1 aromatic heterocycles. The van der Waals surface area contributed by atoms with Crippen molar-refractivity contribution in [1.82, 2.24) is 14.5 Å². The summed E-state index contributed by atoms with van der Waals surface area (Å²) in [6.07, 6.45) is 3.48. The average molecular weight is 347 g/mol. The van der Waals surface area contributed by atoms with Crippen LogP contribution in [0.3, 0.4) is 0 Å². The summed E-state index contributed by atoms with van der Waals surface area (Å²) in [6, 6.07) is 3.58. The summed E-state index contributed by atoms with van der Waals surface area (Å²) in [5.41, 5.74) is 1.89. The second-order valence-corrected chi connectivity index (χ2v) is 6.87. The smallest absolute Gasteiger partial charge is 0.256 e. The van der Waals surface area contributed by atoms with Crippen LogP contribution in [0.15, 0.2) is 29.3 Å². The molecule has 4 nitrogen and oxygen atoms in total. The molecule has 1 aliphatic rings. The van der Waals surface area contributed by atoms with Gasteiger partial charge in [-0.25, -0.2) is 13.8 Å². The Morgan fingerprint density at radius 2 is 1.92 bits per heavy atom. The van der Waals surface area contributed by atoms with Crippen LogP contribution in [0.25, 0.3) is 0 Å². The fraction of sp³-hybridized carbons (Fsp3) is 0.474. The molecule has 0 unspecified atom stereocenters. The number of aryl methyl sites for hydroxylation is 1. The largest absolute Gasteiger partial charge is 0.299 e. The number of nitrogens with zero attached hydrogens (tertiary/aromatic N) is 3. The Morgan fingerprint density at radius 3 is 2.64 bits per heavy atom. The summed E-state index contributed by atoms with van der Waals surface area (Å²) in [5.74, 6) is -0.376. The van der Waals surface area contributed by atoms with E-state index in [1.807, 2.05) is 6.92 Å². The molecule has 2 aromatic rings. The molecule has 0 amide bonds. The maximum absolute atomic E-state index is 13.8. The molecule has 1 aliphatic heterocycles. The lowest BCUT2D eigenvalue weighted by atomic mass is 9.96. The average Bonchev–Trinajstić information content (AvgIpc) is 2.60. The van der Waals surface area contributed by atoms with Gasteiger partial charge in [-0.2, -0.15) is 0 Å².